The average Bonchev–Trinajstić information content (AvgIpc) is 2.52. The predicted molar refractivity (Wildman–Crippen MR) is 51.1 cm³/mol. The Morgan fingerprint density at radius 2 is 2.15 bits per heavy atom. The number of hydrogen-bond donors (Lipinski definition) is 1. The third-order valence-corrected chi connectivity index (χ3v) is 1.84. The Hall–Kier alpha value is -1.77. The highest BCUT2D eigenvalue weighted by atomic mass is 16.5. The molecule has 3 heteroatoms. The van der Waals surface area contributed by atoms with Crippen molar-refractivity contribution in [1.29, 1.82) is 0 Å². The summed E-state index contributed by atoms with van der Waals surface area (Å²) in [5, 5.41) is 3.83. The van der Waals surface area contributed by atoms with Gasteiger partial charge in [-0.05, 0) is 13.0 Å². The zero-order valence-electron chi connectivity index (χ0n) is 7.32. The number of benzene rings is 1. The van der Waals surface area contributed by atoms with Crippen LogP contribution >= 0.6 is 0 Å². The van der Waals surface area contributed by atoms with Crippen molar-refractivity contribution in [1.82, 2.24) is 5.16 Å². The first-order valence-electron chi connectivity index (χ1n) is 4.05. The summed E-state index contributed by atoms with van der Waals surface area (Å²) in [6.45, 7) is 2.03. The molecule has 3 nitrogen and oxygen atoms in total. The molecule has 2 aromatic rings. The first-order chi connectivity index (χ1) is 6.25. The Morgan fingerprint density at radius 1 is 1.31 bits per heavy atom. The molecular formula is C10H10N2O. The molecule has 2 N–H and O–H groups in total. The van der Waals surface area contributed by atoms with Crippen molar-refractivity contribution in [3.8, 4) is 11.3 Å². The summed E-state index contributed by atoms with van der Waals surface area (Å²) < 4.78 is 4.79. The fourth-order valence-corrected chi connectivity index (χ4v) is 1.23. The lowest BCUT2D eigenvalue weighted by Crippen LogP contribution is -1.78. The number of nitrogen functional groups attached to an aromatic ring is 1. The van der Waals surface area contributed by atoms with Gasteiger partial charge in [0.05, 0.1) is 0 Å². The summed E-state index contributed by atoms with van der Waals surface area (Å²) in [4.78, 5) is 0. The van der Waals surface area contributed by atoms with Crippen LogP contribution in [0.1, 0.15) is 5.56 Å². The van der Waals surface area contributed by atoms with E-state index in [2.05, 4.69) is 5.16 Å². The van der Waals surface area contributed by atoms with E-state index in [1.807, 2.05) is 31.2 Å². The van der Waals surface area contributed by atoms with Crippen LogP contribution in [0.5, 0.6) is 0 Å². The molecule has 0 unspecified atom stereocenters. The lowest BCUT2D eigenvalue weighted by molar-refractivity contribution is 0.439. The van der Waals surface area contributed by atoms with E-state index in [0.717, 1.165) is 11.3 Å². The zero-order valence-corrected chi connectivity index (χ0v) is 7.32. The summed E-state index contributed by atoms with van der Waals surface area (Å²) in [6.07, 6.45) is 0. The third-order valence-electron chi connectivity index (χ3n) is 1.84. The van der Waals surface area contributed by atoms with E-state index in [1.165, 1.54) is 5.56 Å². The number of aromatic nitrogens is 1. The van der Waals surface area contributed by atoms with Crippen molar-refractivity contribution in [2.45, 2.75) is 6.92 Å². The van der Waals surface area contributed by atoms with Crippen LogP contribution in [0.15, 0.2) is 34.9 Å². The number of anilines is 1. The summed E-state index contributed by atoms with van der Waals surface area (Å²) >= 11 is 0. The van der Waals surface area contributed by atoms with Crippen LogP contribution in [0.3, 0.4) is 0 Å². The van der Waals surface area contributed by atoms with Gasteiger partial charge >= 0.3 is 0 Å². The smallest absolute Gasteiger partial charge is 0.222 e. The van der Waals surface area contributed by atoms with E-state index in [9.17, 15) is 0 Å². The van der Waals surface area contributed by atoms with Gasteiger partial charge in [-0.3, -0.25) is 0 Å². The topological polar surface area (TPSA) is 52.0 Å². The van der Waals surface area contributed by atoms with Crippen molar-refractivity contribution in [3.63, 3.8) is 0 Å². The molecule has 2 rings (SSSR count). The molecule has 0 amide bonds. The summed E-state index contributed by atoms with van der Waals surface area (Å²) in [5.74, 6) is 0.344. The Bertz CT molecular complexity index is 420. The van der Waals surface area contributed by atoms with Gasteiger partial charge < -0.3 is 10.3 Å². The molecule has 0 aliphatic heterocycles. The molecule has 0 atom stereocenters. The van der Waals surface area contributed by atoms with Gasteiger partial charge in [0.25, 0.3) is 0 Å². The van der Waals surface area contributed by atoms with Gasteiger partial charge in [-0.2, -0.15) is 0 Å². The number of rotatable bonds is 1. The number of nitrogens with zero attached hydrogens (tertiary/aromatic N) is 1. The minimum Gasteiger partial charge on any atom is -0.368 e. The Balaban J connectivity index is 2.46. The second kappa shape index (κ2) is 2.94. The Labute approximate surface area is 76.2 Å². The molecule has 13 heavy (non-hydrogen) atoms. The maximum atomic E-state index is 5.42. The monoisotopic (exact) mass is 174 g/mol. The molecule has 1 heterocycles. The van der Waals surface area contributed by atoms with Gasteiger partial charge in [0.2, 0.25) is 5.88 Å². The third kappa shape index (κ3) is 1.54. The van der Waals surface area contributed by atoms with Gasteiger partial charge in [0, 0.05) is 11.6 Å². The molecule has 0 saturated carbocycles. The maximum absolute atomic E-state index is 5.42. The molecule has 0 aliphatic carbocycles. The van der Waals surface area contributed by atoms with Crippen molar-refractivity contribution < 1.29 is 4.52 Å². The van der Waals surface area contributed by atoms with Gasteiger partial charge in [0.1, 0.15) is 5.69 Å². The average molecular weight is 174 g/mol. The molecule has 1 aromatic carbocycles. The molecule has 0 saturated heterocycles. The van der Waals surface area contributed by atoms with Crippen LogP contribution < -0.4 is 5.73 Å². The highest BCUT2D eigenvalue weighted by Gasteiger charge is 2.02. The van der Waals surface area contributed by atoms with Crippen molar-refractivity contribution >= 4 is 5.88 Å². The molecular weight excluding hydrogens is 164 g/mol. The fraction of sp³-hybridized carbons (Fsp3) is 0.100. The first-order valence-corrected chi connectivity index (χ1v) is 4.05. The van der Waals surface area contributed by atoms with E-state index in [4.69, 9.17) is 10.3 Å². The van der Waals surface area contributed by atoms with Crippen LogP contribution in [-0.2, 0) is 0 Å². The molecule has 0 spiro atoms. The number of hydrogen-bond acceptors (Lipinski definition) is 3. The van der Waals surface area contributed by atoms with Crippen LogP contribution in [0.2, 0.25) is 0 Å². The van der Waals surface area contributed by atoms with E-state index in [-0.39, 0.29) is 0 Å². The second-order valence-corrected chi connectivity index (χ2v) is 2.98. The van der Waals surface area contributed by atoms with E-state index in [0.29, 0.717) is 5.88 Å². The van der Waals surface area contributed by atoms with Crippen LogP contribution in [0, 0.1) is 6.92 Å². The molecule has 66 valence electrons. The largest absolute Gasteiger partial charge is 0.368 e. The predicted octanol–water partition coefficient (Wildman–Crippen LogP) is 2.23. The number of aryl methyl sites for hydroxylation is 1. The second-order valence-electron chi connectivity index (χ2n) is 2.98. The highest BCUT2D eigenvalue weighted by Crippen LogP contribution is 2.20. The molecule has 0 aliphatic rings. The summed E-state index contributed by atoms with van der Waals surface area (Å²) in [7, 11) is 0. The van der Waals surface area contributed by atoms with E-state index in [1.54, 1.807) is 6.07 Å². The van der Waals surface area contributed by atoms with E-state index >= 15 is 0 Å². The van der Waals surface area contributed by atoms with Gasteiger partial charge in [-0.1, -0.05) is 28.9 Å². The lowest BCUT2D eigenvalue weighted by Gasteiger charge is -1.95. The van der Waals surface area contributed by atoms with Gasteiger partial charge in [-0.25, -0.2) is 0 Å². The van der Waals surface area contributed by atoms with Crippen LogP contribution in [-0.4, -0.2) is 5.16 Å². The minimum absolute atomic E-state index is 0.344. The SMILES string of the molecule is Cc1cccc(-c2cc(N)on2)c1. The molecule has 0 fully saturated rings. The summed E-state index contributed by atoms with van der Waals surface area (Å²) in [6, 6.07) is 9.75. The van der Waals surface area contributed by atoms with Crippen molar-refractivity contribution in [3.05, 3.63) is 35.9 Å². The fourth-order valence-electron chi connectivity index (χ4n) is 1.23. The minimum atomic E-state index is 0.344. The number of nitrogens with two attached hydrogens (primary N) is 1. The standard InChI is InChI=1S/C10H10N2O/c1-7-3-2-4-8(5-7)9-6-10(11)13-12-9/h2-6H,11H2,1H3. The maximum Gasteiger partial charge on any atom is 0.222 e. The normalized spacial score (nSPS) is 10.2. The highest BCUT2D eigenvalue weighted by molar-refractivity contribution is 5.61. The van der Waals surface area contributed by atoms with Crippen LogP contribution in [0.25, 0.3) is 11.3 Å². The molecule has 0 radical (unpaired) electrons. The summed E-state index contributed by atoms with van der Waals surface area (Å²) in [5.41, 5.74) is 8.43. The van der Waals surface area contributed by atoms with Gasteiger partial charge in [0.15, 0.2) is 0 Å². The Morgan fingerprint density at radius 3 is 2.77 bits per heavy atom. The van der Waals surface area contributed by atoms with Crippen LogP contribution in [0.4, 0.5) is 5.88 Å². The van der Waals surface area contributed by atoms with Crippen molar-refractivity contribution in [2.75, 3.05) is 5.73 Å². The quantitative estimate of drug-likeness (QED) is 0.721. The van der Waals surface area contributed by atoms with E-state index < -0.39 is 0 Å². The molecule has 1 aromatic heterocycles. The first kappa shape index (κ1) is 7.86. The zero-order chi connectivity index (χ0) is 9.26. The van der Waals surface area contributed by atoms with Crippen molar-refractivity contribution in [2.24, 2.45) is 0 Å². The Kier molecular flexibility index (Phi) is 1.77. The molecule has 0 bridgehead atoms. The lowest BCUT2D eigenvalue weighted by atomic mass is 10.1. The van der Waals surface area contributed by atoms with Gasteiger partial charge in [-0.15, -0.1) is 0 Å².